The number of aromatic carboxylic acids is 1. The van der Waals surface area contributed by atoms with Crippen LogP contribution in [0.5, 0.6) is 17.2 Å². The number of nitrogens with zero attached hydrogens (tertiary/aromatic N) is 1. The van der Waals surface area contributed by atoms with Gasteiger partial charge in [-0.2, -0.15) is 0 Å². The van der Waals surface area contributed by atoms with Crippen LogP contribution in [0.1, 0.15) is 28.4 Å². The lowest BCUT2D eigenvalue weighted by Crippen LogP contribution is -2.05. The van der Waals surface area contributed by atoms with Crippen LogP contribution < -0.4 is 5.73 Å². The predicted molar refractivity (Wildman–Crippen MR) is 82.6 cm³/mol. The Hall–Kier alpha value is -3.00. The van der Waals surface area contributed by atoms with Crippen molar-refractivity contribution in [3.05, 3.63) is 36.2 Å². The summed E-state index contributed by atoms with van der Waals surface area (Å²) in [7, 11) is 0. The van der Waals surface area contributed by atoms with E-state index in [1.54, 1.807) is 6.08 Å². The third-order valence-corrected chi connectivity index (χ3v) is 3.48. The van der Waals surface area contributed by atoms with Crippen molar-refractivity contribution in [2.24, 2.45) is 5.73 Å². The maximum Gasteiger partial charge on any atom is 0.336 e. The lowest BCUT2D eigenvalue weighted by molar-refractivity contribution is 0.0696. The number of phenols is 3. The number of carbonyl (C=O) groups is 1. The summed E-state index contributed by atoms with van der Waals surface area (Å²) >= 11 is 0. The molecular weight excluding hydrogens is 302 g/mol. The topological polar surface area (TPSA) is 153 Å². The van der Waals surface area contributed by atoms with E-state index >= 15 is 0 Å². The minimum atomic E-state index is -1.38. The number of imidazole rings is 1. The number of aromatic hydroxyl groups is 3. The number of hydrogen-bond donors (Lipinski definition) is 6. The van der Waals surface area contributed by atoms with Crippen molar-refractivity contribution in [1.82, 2.24) is 9.97 Å². The summed E-state index contributed by atoms with van der Waals surface area (Å²) in [4.78, 5) is 18.3. The van der Waals surface area contributed by atoms with Crippen LogP contribution in [0.2, 0.25) is 0 Å². The molecular formula is C15H17N3O5. The van der Waals surface area contributed by atoms with Gasteiger partial charge >= 0.3 is 5.97 Å². The maximum absolute atomic E-state index is 11.3. The SMILES string of the molecule is C=CC(CCN)c1cnc(-c2c(C(=O)O)cc(O)c(O)c2O)[nH]1. The molecule has 0 amide bonds. The first-order chi connectivity index (χ1) is 10.9. The van der Waals surface area contributed by atoms with Crippen molar-refractivity contribution < 1.29 is 25.2 Å². The molecule has 1 aromatic heterocycles. The predicted octanol–water partition coefficient (Wildman–Crippen LogP) is 1.51. The minimum Gasteiger partial charge on any atom is -0.504 e. The number of aromatic nitrogens is 2. The number of hydrogen-bond acceptors (Lipinski definition) is 6. The first-order valence-electron chi connectivity index (χ1n) is 6.79. The molecule has 7 N–H and O–H groups in total. The van der Waals surface area contributed by atoms with Gasteiger partial charge in [-0.1, -0.05) is 6.08 Å². The highest BCUT2D eigenvalue weighted by Crippen LogP contribution is 2.44. The molecule has 0 fully saturated rings. The van der Waals surface area contributed by atoms with E-state index in [0.717, 1.165) is 6.07 Å². The number of carboxylic acid groups (broad SMARTS) is 1. The van der Waals surface area contributed by atoms with E-state index < -0.39 is 28.8 Å². The molecule has 8 heteroatoms. The lowest BCUT2D eigenvalue weighted by atomic mass is 10.0. The van der Waals surface area contributed by atoms with Gasteiger partial charge in [0.25, 0.3) is 0 Å². The van der Waals surface area contributed by atoms with Crippen molar-refractivity contribution in [2.75, 3.05) is 6.54 Å². The molecule has 23 heavy (non-hydrogen) atoms. The van der Waals surface area contributed by atoms with E-state index in [4.69, 9.17) is 5.73 Å². The Morgan fingerprint density at radius 1 is 1.39 bits per heavy atom. The molecule has 0 bridgehead atoms. The van der Waals surface area contributed by atoms with Crippen LogP contribution in [0.3, 0.4) is 0 Å². The molecule has 1 aromatic carbocycles. The summed E-state index contributed by atoms with van der Waals surface area (Å²) in [6, 6.07) is 0.847. The van der Waals surface area contributed by atoms with Gasteiger partial charge in [0.05, 0.1) is 11.1 Å². The second kappa shape index (κ2) is 6.41. The molecule has 0 aliphatic carbocycles. The molecule has 1 atom stereocenters. The van der Waals surface area contributed by atoms with Crippen molar-refractivity contribution in [2.45, 2.75) is 12.3 Å². The van der Waals surface area contributed by atoms with Crippen molar-refractivity contribution in [3.8, 4) is 28.6 Å². The number of phenolic OH excluding ortho intramolecular Hbond substituents is 3. The molecule has 0 aliphatic rings. The van der Waals surface area contributed by atoms with E-state index in [0.29, 0.717) is 18.7 Å². The third kappa shape index (κ3) is 2.97. The summed E-state index contributed by atoms with van der Waals surface area (Å²) in [6.45, 7) is 4.13. The molecule has 122 valence electrons. The van der Waals surface area contributed by atoms with Gasteiger partial charge in [-0.05, 0) is 19.0 Å². The van der Waals surface area contributed by atoms with Crippen LogP contribution in [0.25, 0.3) is 11.4 Å². The van der Waals surface area contributed by atoms with E-state index in [1.165, 1.54) is 6.20 Å². The third-order valence-electron chi connectivity index (χ3n) is 3.48. The van der Waals surface area contributed by atoms with Crippen LogP contribution in [0.15, 0.2) is 24.9 Å². The molecule has 0 radical (unpaired) electrons. The van der Waals surface area contributed by atoms with E-state index in [1.807, 2.05) is 0 Å². The highest BCUT2D eigenvalue weighted by molar-refractivity contribution is 5.98. The Kier molecular flexibility index (Phi) is 4.56. The number of carboxylic acids is 1. The van der Waals surface area contributed by atoms with Crippen LogP contribution in [0, 0.1) is 0 Å². The van der Waals surface area contributed by atoms with Gasteiger partial charge in [-0.15, -0.1) is 6.58 Å². The smallest absolute Gasteiger partial charge is 0.336 e. The Bertz CT molecular complexity index is 754. The van der Waals surface area contributed by atoms with Gasteiger partial charge in [-0.25, -0.2) is 9.78 Å². The number of aromatic amines is 1. The molecule has 2 rings (SSSR count). The first kappa shape index (κ1) is 16.4. The summed E-state index contributed by atoms with van der Waals surface area (Å²) in [5.41, 5.74) is 5.56. The molecule has 0 saturated heterocycles. The molecule has 2 aromatic rings. The highest BCUT2D eigenvalue weighted by Gasteiger charge is 2.24. The molecule has 8 nitrogen and oxygen atoms in total. The number of allylic oxidation sites excluding steroid dienone is 1. The van der Waals surface area contributed by atoms with Gasteiger partial charge < -0.3 is 31.1 Å². The minimum absolute atomic E-state index is 0.0501. The van der Waals surface area contributed by atoms with Crippen molar-refractivity contribution in [1.29, 1.82) is 0 Å². The zero-order valence-corrected chi connectivity index (χ0v) is 12.2. The largest absolute Gasteiger partial charge is 0.504 e. The normalized spacial score (nSPS) is 12.0. The van der Waals surface area contributed by atoms with Gasteiger partial charge in [-0.3, -0.25) is 0 Å². The van der Waals surface area contributed by atoms with Crippen molar-refractivity contribution in [3.63, 3.8) is 0 Å². The Labute approximate surface area is 131 Å². The van der Waals surface area contributed by atoms with Crippen molar-refractivity contribution >= 4 is 5.97 Å². The molecule has 0 aliphatic heterocycles. The average Bonchev–Trinajstić information content (AvgIpc) is 2.98. The van der Waals surface area contributed by atoms with Gasteiger partial charge in [0.2, 0.25) is 5.75 Å². The molecule has 1 unspecified atom stereocenters. The van der Waals surface area contributed by atoms with Gasteiger partial charge in [0.15, 0.2) is 11.5 Å². The molecule has 0 saturated carbocycles. The maximum atomic E-state index is 11.3. The number of H-pyrrole nitrogens is 1. The second-order valence-electron chi connectivity index (χ2n) is 4.93. The summed E-state index contributed by atoms with van der Waals surface area (Å²) < 4.78 is 0. The fourth-order valence-electron chi connectivity index (χ4n) is 2.28. The fourth-order valence-corrected chi connectivity index (χ4v) is 2.28. The lowest BCUT2D eigenvalue weighted by Gasteiger charge is -2.10. The van der Waals surface area contributed by atoms with Crippen LogP contribution in [-0.4, -0.2) is 42.9 Å². The first-order valence-corrected chi connectivity index (χ1v) is 6.79. The summed E-state index contributed by atoms with van der Waals surface area (Å²) in [5, 5.41) is 38.3. The Morgan fingerprint density at radius 2 is 2.09 bits per heavy atom. The molecule has 0 spiro atoms. The van der Waals surface area contributed by atoms with Crippen LogP contribution >= 0.6 is 0 Å². The van der Waals surface area contributed by atoms with Gasteiger partial charge in [0, 0.05) is 17.8 Å². The average molecular weight is 319 g/mol. The standard InChI is InChI=1S/C15H17N3O5/c1-2-7(3-4-16)9-6-17-14(18-9)11-8(15(22)23)5-10(19)12(20)13(11)21/h2,5-7,19-21H,1,3-4,16H2,(H,17,18)(H,22,23). The number of nitrogens with two attached hydrogens (primary N) is 1. The van der Waals surface area contributed by atoms with Gasteiger partial charge in [0.1, 0.15) is 5.82 Å². The van der Waals surface area contributed by atoms with Crippen LogP contribution in [-0.2, 0) is 0 Å². The number of nitrogens with one attached hydrogen (secondary N) is 1. The van der Waals surface area contributed by atoms with E-state index in [9.17, 15) is 25.2 Å². The second-order valence-corrected chi connectivity index (χ2v) is 4.93. The number of benzene rings is 1. The van der Waals surface area contributed by atoms with E-state index in [-0.39, 0.29) is 17.3 Å². The summed E-state index contributed by atoms with van der Waals surface area (Å²) in [6.07, 6.45) is 3.77. The Balaban J connectivity index is 2.59. The number of rotatable bonds is 6. The summed E-state index contributed by atoms with van der Waals surface area (Å²) in [5.74, 6) is -3.76. The monoisotopic (exact) mass is 319 g/mol. The Morgan fingerprint density at radius 3 is 2.65 bits per heavy atom. The highest BCUT2D eigenvalue weighted by atomic mass is 16.4. The van der Waals surface area contributed by atoms with Crippen LogP contribution in [0.4, 0.5) is 0 Å². The zero-order valence-electron chi connectivity index (χ0n) is 12.2. The van der Waals surface area contributed by atoms with E-state index in [2.05, 4.69) is 16.5 Å². The fraction of sp³-hybridized carbons (Fsp3) is 0.200. The molecule has 1 heterocycles. The quantitative estimate of drug-likeness (QED) is 0.348. The zero-order chi connectivity index (χ0) is 17.1.